The summed E-state index contributed by atoms with van der Waals surface area (Å²) in [5.74, 6) is -0.580. The molecule has 132 valence electrons. The van der Waals surface area contributed by atoms with E-state index in [9.17, 15) is 14.0 Å². The van der Waals surface area contributed by atoms with E-state index in [-0.39, 0.29) is 23.2 Å². The highest BCUT2D eigenvalue weighted by atomic mass is 19.1. The Balaban J connectivity index is 1.88. The van der Waals surface area contributed by atoms with Crippen LogP contribution in [-0.4, -0.2) is 19.5 Å². The van der Waals surface area contributed by atoms with E-state index in [1.807, 2.05) is 6.07 Å². The lowest BCUT2D eigenvalue weighted by molar-refractivity contribution is 0.617. The zero-order valence-electron chi connectivity index (χ0n) is 14.0. The van der Waals surface area contributed by atoms with Crippen molar-refractivity contribution in [3.8, 4) is 6.07 Å². The topological polar surface area (TPSA) is 91.5 Å². The second-order valence-corrected chi connectivity index (χ2v) is 5.64. The van der Waals surface area contributed by atoms with E-state index in [1.54, 1.807) is 31.1 Å². The first-order valence-electron chi connectivity index (χ1n) is 7.70. The zero-order valence-corrected chi connectivity index (χ0v) is 14.0. The summed E-state index contributed by atoms with van der Waals surface area (Å²) in [7, 11) is 1.78. The van der Waals surface area contributed by atoms with Crippen molar-refractivity contribution in [3.05, 3.63) is 59.8 Å². The lowest BCUT2D eigenvalue weighted by Gasteiger charge is -2.16. The zero-order chi connectivity index (χ0) is 18.7. The van der Waals surface area contributed by atoms with Crippen LogP contribution in [-0.2, 0) is 7.05 Å². The van der Waals surface area contributed by atoms with E-state index in [4.69, 9.17) is 0 Å². The molecule has 0 saturated heterocycles. The SMILES string of the molecule is C[C@H](Nc1nc(Nc2cn(C)cn2)c(F)cc1C#N)c1ccc(F)cn1. The Morgan fingerprint density at radius 1 is 1.23 bits per heavy atom. The van der Waals surface area contributed by atoms with Gasteiger partial charge in [-0.15, -0.1) is 0 Å². The molecule has 3 aromatic heterocycles. The van der Waals surface area contributed by atoms with Gasteiger partial charge in [-0.25, -0.2) is 18.7 Å². The fourth-order valence-corrected chi connectivity index (χ4v) is 2.29. The first-order valence-corrected chi connectivity index (χ1v) is 7.70. The largest absolute Gasteiger partial charge is 0.361 e. The maximum absolute atomic E-state index is 14.2. The minimum Gasteiger partial charge on any atom is -0.361 e. The third kappa shape index (κ3) is 3.75. The predicted octanol–water partition coefficient (Wildman–Crippen LogP) is 3.28. The summed E-state index contributed by atoms with van der Waals surface area (Å²) in [6.45, 7) is 1.78. The highest BCUT2D eigenvalue weighted by Gasteiger charge is 2.16. The van der Waals surface area contributed by atoms with Gasteiger partial charge in [-0.1, -0.05) is 0 Å². The third-order valence-corrected chi connectivity index (χ3v) is 3.59. The summed E-state index contributed by atoms with van der Waals surface area (Å²) in [6.07, 6.45) is 4.33. The maximum atomic E-state index is 14.2. The van der Waals surface area contributed by atoms with E-state index < -0.39 is 11.6 Å². The van der Waals surface area contributed by atoms with Crippen molar-refractivity contribution >= 4 is 17.5 Å². The van der Waals surface area contributed by atoms with Gasteiger partial charge in [0.2, 0.25) is 0 Å². The molecule has 0 aliphatic carbocycles. The number of rotatable bonds is 5. The number of nitrogens with zero attached hydrogens (tertiary/aromatic N) is 5. The summed E-state index contributed by atoms with van der Waals surface area (Å²) in [5, 5.41) is 15.0. The van der Waals surface area contributed by atoms with Gasteiger partial charge in [-0.3, -0.25) is 4.98 Å². The second-order valence-electron chi connectivity index (χ2n) is 5.64. The Hall–Kier alpha value is -3.54. The van der Waals surface area contributed by atoms with Crippen LogP contribution in [0.1, 0.15) is 24.2 Å². The fourth-order valence-electron chi connectivity index (χ4n) is 2.29. The van der Waals surface area contributed by atoms with Gasteiger partial charge in [0, 0.05) is 13.2 Å². The molecule has 3 rings (SSSR count). The summed E-state index contributed by atoms with van der Waals surface area (Å²) >= 11 is 0. The summed E-state index contributed by atoms with van der Waals surface area (Å²) in [4.78, 5) is 12.2. The number of aromatic nitrogens is 4. The van der Waals surface area contributed by atoms with E-state index in [1.165, 1.54) is 12.1 Å². The summed E-state index contributed by atoms with van der Waals surface area (Å²) in [5.41, 5.74) is 0.601. The van der Waals surface area contributed by atoms with Crippen molar-refractivity contribution in [3.63, 3.8) is 0 Å². The maximum Gasteiger partial charge on any atom is 0.170 e. The Kier molecular flexibility index (Phi) is 4.75. The first-order chi connectivity index (χ1) is 12.5. The van der Waals surface area contributed by atoms with Crippen molar-refractivity contribution in [2.24, 2.45) is 7.05 Å². The molecule has 2 N–H and O–H groups in total. The summed E-state index contributed by atoms with van der Waals surface area (Å²) < 4.78 is 28.9. The average molecular weight is 355 g/mol. The molecule has 0 saturated carbocycles. The predicted molar refractivity (Wildman–Crippen MR) is 91.6 cm³/mol. The molecule has 0 radical (unpaired) electrons. The van der Waals surface area contributed by atoms with Crippen LogP contribution >= 0.6 is 0 Å². The number of aryl methyl sites for hydroxylation is 1. The van der Waals surface area contributed by atoms with Crippen molar-refractivity contribution in [2.45, 2.75) is 13.0 Å². The average Bonchev–Trinajstić information content (AvgIpc) is 3.03. The van der Waals surface area contributed by atoms with Crippen LogP contribution in [0, 0.1) is 23.0 Å². The fraction of sp³-hybridized carbons (Fsp3) is 0.176. The van der Waals surface area contributed by atoms with Gasteiger partial charge in [-0.2, -0.15) is 5.26 Å². The minimum absolute atomic E-state index is 0.0445. The Bertz CT molecular complexity index is 960. The molecule has 9 heteroatoms. The first kappa shape index (κ1) is 17.3. The number of halogens is 2. The van der Waals surface area contributed by atoms with Crippen molar-refractivity contribution in [1.82, 2.24) is 19.5 Å². The van der Waals surface area contributed by atoms with Gasteiger partial charge < -0.3 is 15.2 Å². The number of hydrogen-bond donors (Lipinski definition) is 2. The number of imidazole rings is 1. The van der Waals surface area contributed by atoms with Crippen molar-refractivity contribution in [1.29, 1.82) is 5.26 Å². The molecule has 0 amide bonds. The molecular formula is C17H15F2N7. The standard InChI is InChI=1S/C17H15F2N7/c1-10(14-4-3-12(18)7-21-14)23-16-11(6-20)5-13(19)17(25-16)24-15-8-26(2)9-22-15/h3-5,7-10H,1-2H3,(H2,23,24,25)/t10-/m0/s1. The number of pyridine rings is 2. The Morgan fingerprint density at radius 2 is 2.04 bits per heavy atom. The van der Waals surface area contributed by atoms with Gasteiger partial charge in [0.15, 0.2) is 11.6 Å². The monoisotopic (exact) mass is 355 g/mol. The van der Waals surface area contributed by atoms with Crippen LogP contribution < -0.4 is 10.6 Å². The van der Waals surface area contributed by atoms with E-state index in [0.717, 1.165) is 12.3 Å². The highest BCUT2D eigenvalue weighted by molar-refractivity contribution is 5.61. The molecule has 0 aromatic carbocycles. The molecule has 3 heterocycles. The molecule has 3 aromatic rings. The molecule has 26 heavy (non-hydrogen) atoms. The molecule has 0 unspecified atom stereocenters. The van der Waals surface area contributed by atoms with Crippen LogP contribution in [0.15, 0.2) is 36.9 Å². The van der Waals surface area contributed by atoms with Crippen LogP contribution in [0.25, 0.3) is 0 Å². The Morgan fingerprint density at radius 3 is 2.65 bits per heavy atom. The normalized spacial score (nSPS) is 11.7. The molecule has 0 aliphatic rings. The highest BCUT2D eigenvalue weighted by Crippen LogP contribution is 2.25. The van der Waals surface area contributed by atoms with Crippen molar-refractivity contribution in [2.75, 3.05) is 10.6 Å². The van der Waals surface area contributed by atoms with E-state index in [0.29, 0.717) is 11.5 Å². The van der Waals surface area contributed by atoms with Gasteiger partial charge >= 0.3 is 0 Å². The van der Waals surface area contributed by atoms with Gasteiger partial charge in [0.25, 0.3) is 0 Å². The number of nitriles is 1. The molecule has 0 aliphatic heterocycles. The van der Waals surface area contributed by atoms with Gasteiger partial charge in [-0.05, 0) is 25.1 Å². The van der Waals surface area contributed by atoms with Crippen LogP contribution in [0.4, 0.5) is 26.2 Å². The molecule has 1 atom stereocenters. The molecule has 7 nitrogen and oxygen atoms in total. The lowest BCUT2D eigenvalue weighted by atomic mass is 10.2. The number of anilines is 3. The molecule has 0 bridgehead atoms. The van der Waals surface area contributed by atoms with Crippen LogP contribution in [0.3, 0.4) is 0 Å². The van der Waals surface area contributed by atoms with E-state index in [2.05, 4.69) is 25.6 Å². The molecular weight excluding hydrogens is 340 g/mol. The molecule has 0 spiro atoms. The summed E-state index contributed by atoms with van der Waals surface area (Å²) in [6, 6.07) is 5.43. The Labute approximate surface area is 148 Å². The minimum atomic E-state index is -0.676. The van der Waals surface area contributed by atoms with Crippen molar-refractivity contribution < 1.29 is 8.78 Å². The van der Waals surface area contributed by atoms with Crippen LogP contribution in [0.2, 0.25) is 0 Å². The van der Waals surface area contributed by atoms with Gasteiger partial charge in [0.05, 0.1) is 29.8 Å². The van der Waals surface area contributed by atoms with E-state index >= 15 is 0 Å². The second kappa shape index (κ2) is 7.14. The smallest absolute Gasteiger partial charge is 0.170 e. The molecule has 0 fully saturated rings. The quantitative estimate of drug-likeness (QED) is 0.730. The van der Waals surface area contributed by atoms with Crippen LogP contribution in [0.5, 0.6) is 0 Å². The van der Waals surface area contributed by atoms with Gasteiger partial charge in [0.1, 0.15) is 23.5 Å². The third-order valence-electron chi connectivity index (χ3n) is 3.59. The lowest BCUT2D eigenvalue weighted by Crippen LogP contribution is -2.12. The number of hydrogen-bond acceptors (Lipinski definition) is 6. The number of nitrogens with one attached hydrogen (secondary N) is 2.